The van der Waals surface area contributed by atoms with E-state index in [9.17, 15) is 4.79 Å². The molecule has 0 aromatic heterocycles. The Kier molecular flexibility index (Phi) is 1.55. The number of nitrogens with zero attached hydrogens (tertiary/aromatic N) is 2. The van der Waals surface area contributed by atoms with Crippen LogP contribution in [0.25, 0.3) is 0 Å². The van der Waals surface area contributed by atoms with Crippen LogP contribution < -0.4 is 10.7 Å². The molecular weight excluding hydrogens is 164 g/mol. The van der Waals surface area contributed by atoms with Crippen LogP contribution in [-0.2, 0) is 0 Å². The second-order valence-electron chi connectivity index (χ2n) is 3.32. The third-order valence-electron chi connectivity index (χ3n) is 2.53. The normalized spacial score (nSPS) is 13.6. The molecule has 0 N–H and O–H groups in total. The molecule has 1 aromatic rings. The van der Waals surface area contributed by atoms with Crippen LogP contribution >= 0.6 is 0 Å². The van der Waals surface area contributed by atoms with Gasteiger partial charge in [0.15, 0.2) is 0 Å². The van der Waals surface area contributed by atoms with Crippen molar-refractivity contribution >= 4 is 6.03 Å². The van der Waals surface area contributed by atoms with Gasteiger partial charge in [0.05, 0.1) is 10.7 Å². The lowest BCUT2D eigenvalue weighted by atomic mass is 10.0. The van der Waals surface area contributed by atoms with Crippen molar-refractivity contribution in [1.29, 1.82) is 0 Å². The Labute approximate surface area is 75.8 Å². The van der Waals surface area contributed by atoms with E-state index in [0.717, 1.165) is 16.5 Å². The summed E-state index contributed by atoms with van der Waals surface area (Å²) in [5, 5.41) is 1.46. The molecule has 0 bridgehead atoms. The summed E-state index contributed by atoms with van der Waals surface area (Å²) in [6.45, 7) is 6.02. The van der Waals surface area contributed by atoms with Gasteiger partial charge in [-0.3, -0.25) is 0 Å². The highest BCUT2D eigenvalue weighted by atomic mass is 16.2. The molecule has 3 nitrogen and oxygen atoms in total. The average Bonchev–Trinajstić information content (AvgIpc) is 2.42. The predicted molar refractivity (Wildman–Crippen MR) is 48.4 cm³/mol. The van der Waals surface area contributed by atoms with E-state index in [1.807, 2.05) is 26.8 Å². The van der Waals surface area contributed by atoms with Gasteiger partial charge < -0.3 is 0 Å². The molecule has 2 rings (SSSR count). The number of rotatable bonds is 0. The van der Waals surface area contributed by atoms with Crippen LogP contribution in [0, 0.1) is 20.8 Å². The van der Waals surface area contributed by atoms with Crippen molar-refractivity contribution in [3.63, 3.8) is 0 Å². The van der Waals surface area contributed by atoms with Crippen LogP contribution in [0.5, 0.6) is 0 Å². The van der Waals surface area contributed by atoms with Gasteiger partial charge in [-0.1, -0.05) is 0 Å². The lowest BCUT2D eigenvalue weighted by Crippen LogP contribution is -2.26. The van der Waals surface area contributed by atoms with Gasteiger partial charge in [0, 0.05) is 0 Å². The molecule has 0 unspecified atom stereocenters. The highest BCUT2D eigenvalue weighted by Crippen LogP contribution is 2.05. The average molecular weight is 174 g/mol. The van der Waals surface area contributed by atoms with Crippen LogP contribution in [0.1, 0.15) is 16.7 Å². The predicted octanol–water partition coefficient (Wildman–Crippen LogP) is 0.985. The minimum Gasteiger partial charge on any atom is -0.244 e. The molecule has 2 amide bonds. The van der Waals surface area contributed by atoms with E-state index in [4.69, 9.17) is 0 Å². The molecule has 0 spiro atoms. The van der Waals surface area contributed by atoms with Gasteiger partial charge in [-0.25, -0.2) is 4.79 Å². The van der Waals surface area contributed by atoms with Gasteiger partial charge >= 0.3 is 6.03 Å². The first kappa shape index (κ1) is 8.10. The summed E-state index contributed by atoms with van der Waals surface area (Å²) in [6, 6.07) is 1.52. The highest BCUT2D eigenvalue weighted by Gasteiger charge is 2.09. The largest absolute Gasteiger partial charge is 0.368 e. The van der Waals surface area contributed by atoms with E-state index >= 15 is 0 Å². The molecule has 3 heteroatoms. The Balaban J connectivity index is 2.98. The molecular formula is C10H10N2O. The van der Waals surface area contributed by atoms with Crippen molar-refractivity contribution in [2.75, 3.05) is 0 Å². The smallest absolute Gasteiger partial charge is 0.244 e. The topological polar surface area (TPSA) is 41.8 Å². The summed E-state index contributed by atoms with van der Waals surface area (Å²) in [7, 11) is 0. The Morgan fingerprint density at radius 1 is 1.08 bits per heavy atom. The maximum atomic E-state index is 10.9. The highest BCUT2D eigenvalue weighted by molar-refractivity contribution is 5.77. The number of hydrogen-bond donors (Lipinski definition) is 0. The van der Waals surface area contributed by atoms with Gasteiger partial charge in [0.25, 0.3) is 0 Å². The summed E-state index contributed by atoms with van der Waals surface area (Å²) in [4.78, 5) is 18.6. The van der Waals surface area contributed by atoms with Crippen molar-refractivity contribution in [2.45, 2.75) is 20.8 Å². The Morgan fingerprint density at radius 2 is 1.77 bits per heavy atom. The Morgan fingerprint density at radius 3 is 2.46 bits per heavy atom. The SMILES string of the molecule is Cc1cc2c(c(C)c1C)=NC(=O)N=2. The summed E-state index contributed by atoms with van der Waals surface area (Å²) in [6.07, 6.45) is 0. The van der Waals surface area contributed by atoms with Crippen LogP contribution in [-0.4, -0.2) is 6.03 Å². The lowest BCUT2D eigenvalue weighted by Gasteiger charge is -2.01. The zero-order valence-electron chi connectivity index (χ0n) is 7.88. The van der Waals surface area contributed by atoms with E-state index in [2.05, 4.69) is 9.98 Å². The minimum atomic E-state index is -0.386. The van der Waals surface area contributed by atoms with Crippen molar-refractivity contribution in [1.82, 2.24) is 0 Å². The molecule has 0 fully saturated rings. The zero-order valence-corrected chi connectivity index (χ0v) is 7.88. The van der Waals surface area contributed by atoms with E-state index in [1.165, 1.54) is 5.56 Å². The minimum absolute atomic E-state index is 0.386. The molecule has 1 heterocycles. The van der Waals surface area contributed by atoms with E-state index < -0.39 is 0 Å². The van der Waals surface area contributed by atoms with Gasteiger partial charge in [-0.05, 0) is 43.5 Å². The standard InChI is InChI=1S/C10H10N2O/c1-5-4-8-9(7(3)6(5)2)12-10(13)11-8/h4H,1-3H3. The Hall–Kier alpha value is -1.51. The van der Waals surface area contributed by atoms with Crippen molar-refractivity contribution in [3.8, 4) is 0 Å². The molecule has 0 radical (unpaired) electrons. The van der Waals surface area contributed by atoms with Crippen molar-refractivity contribution in [2.24, 2.45) is 9.98 Å². The fraction of sp³-hybridized carbons (Fsp3) is 0.300. The maximum Gasteiger partial charge on any atom is 0.368 e. The van der Waals surface area contributed by atoms with Gasteiger partial charge in [0.2, 0.25) is 0 Å². The quantitative estimate of drug-likeness (QED) is 0.578. The van der Waals surface area contributed by atoms with Gasteiger partial charge in [-0.15, -0.1) is 0 Å². The third kappa shape index (κ3) is 1.08. The number of amides is 2. The molecule has 1 aliphatic heterocycles. The summed E-state index contributed by atoms with van der Waals surface area (Å²) in [5.41, 5.74) is 3.40. The number of benzene rings is 1. The monoisotopic (exact) mass is 174 g/mol. The lowest BCUT2D eigenvalue weighted by molar-refractivity contribution is 0.256. The second kappa shape index (κ2) is 2.49. The summed E-state index contributed by atoms with van der Waals surface area (Å²) < 4.78 is 0. The maximum absolute atomic E-state index is 10.9. The van der Waals surface area contributed by atoms with Gasteiger partial charge in [0.1, 0.15) is 0 Å². The van der Waals surface area contributed by atoms with Crippen LogP contribution in [0.4, 0.5) is 4.79 Å². The van der Waals surface area contributed by atoms with Crippen molar-refractivity contribution in [3.05, 3.63) is 33.5 Å². The molecule has 13 heavy (non-hydrogen) atoms. The zero-order chi connectivity index (χ0) is 9.59. The first-order chi connectivity index (χ1) is 6.09. The Bertz CT molecular complexity index is 515. The fourth-order valence-electron chi connectivity index (χ4n) is 1.50. The molecule has 0 aliphatic carbocycles. The number of carbonyl (C=O) groups excluding carboxylic acids is 1. The van der Waals surface area contributed by atoms with Gasteiger partial charge in [-0.2, -0.15) is 9.98 Å². The molecule has 1 aromatic carbocycles. The number of hydrogen-bond acceptors (Lipinski definition) is 1. The summed E-state index contributed by atoms with van der Waals surface area (Å²) >= 11 is 0. The molecule has 66 valence electrons. The molecule has 1 aliphatic rings. The van der Waals surface area contributed by atoms with Crippen LogP contribution in [0.15, 0.2) is 16.1 Å². The van der Waals surface area contributed by atoms with E-state index in [0.29, 0.717) is 5.36 Å². The molecule has 0 saturated carbocycles. The van der Waals surface area contributed by atoms with E-state index in [1.54, 1.807) is 0 Å². The number of aryl methyl sites for hydroxylation is 1. The number of urea groups is 1. The molecule has 0 saturated heterocycles. The van der Waals surface area contributed by atoms with Crippen molar-refractivity contribution < 1.29 is 4.79 Å². The fourth-order valence-corrected chi connectivity index (χ4v) is 1.50. The second-order valence-corrected chi connectivity index (χ2v) is 3.32. The first-order valence-corrected chi connectivity index (χ1v) is 4.18. The third-order valence-corrected chi connectivity index (χ3v) is 2.53. The number of carbonyl (C=O) groups is 1. The van der Waals surface area contributed by atoms with Crippen LogP contribution in [0.3, 0.4) is 0 Å². The first-order valence-electron chi connectivity index (χ1n) is 4.18. The summed E-state index contributed by atoms with van der Waals surface area (Å²) in [5.74, 6) is 0. The van der Waals surface area contributed by atoms with E-state index in [-0.39, 0.29) is 6.03 Å². The molecule has 0 atom stereocenters. The van der Waals surface area contributed by atoms with Crippen LogP contribution in [0.2, 0.25) is 0 Å². The number of fused-ring (bicyclic) bond motifs is 1.